The molecule has 2 aromatic rings. The fourth-order valence-corrected chi connectivity index (χ4v) is 3.66. The van der Waals surface area contributed by atoms with Crippen LogP contribution in [0.4, 0.5) is 10.1 Å². The van der Waals surface area contributed by atoms with Gasteiger partial charge in [-0.3, -0.25) is 4.90 Å². The van der Waals surface area contributed by atoms with E-state index in [-0.39, 0.29) is 28.1 Å². The number of halogens is 1. The third-order valence-corrected chi connectivity index (χ3v) is 5.07. The summed E-state index contributed by atoms with van der Waals surface area (Å²) in [6, 6.07) is 13.3. The Kier molecular flexibility index (Phi) is 6.82. The van der Waals surface area contributed by atoms with Crippen molar-refractivity contribution in [2.45, 2.75) is 5.92 Å². The summed E-state index contributed by atoms with van der Waals surface area (Å²) in [4.78, 5) is 26.8. The number of nitrogens with two attached hydrogens (primary N) is 1. The number of benzene rings is 2. The Labute approximate surface area is 188 Å². The molecule has 4 N–H and O–H groups in total. The van der Waals surface area contributed by atoms with Crippen LogP contribution < -0.4 is 16.1 Å². The maximum Gasteiger partial charge on any atom is 0.488 e. The maximum atomic E-state index is 14.3. The van der Waals surface area contributed by atoms with E-state index < -0.39 is 36.5 Å². The number of nitrogens with zero attached hydrogens (tertiary/aromatic N) is 2. The van der Waals surface area contributed by atoms with Crippen LogP contribution in [0.3, 0.4) is 0 Å². The average Bonchev–Trinajstić information content (AvgIpc) is 2.82. The van der Waals surface area contributed by atoms with Gasteiger partial charge in [-0.15, -0.1) is 0 Å². The van der Waals surface area contributed by atoms with Gasteiger partial charge in [0.2, 0.25) is 0 Å². The number of carbonyl (C=O) groups excluding carboxylic acids is 2. The molecule has 0 saturated heterocycles. The van der Waals surface area contributed by atoms with E-state index in [0.717, 1.165) is 37.3 Å². The van der Waals surface area contributed by atoms with Gasteiger partial charge in [-0.05, 0) is 29.2 Å². The van der Waals surface area contributed by atoms with Crippen molar-refractivity contribution in [1.82, 2.24) is 0 Å². The number of esters is 2. The first-order valence-electron chi connectivity index (χ1n) is 9.57. The topological polar surface area (TPSA) is 146 Å². The van der Waals surface area contributed by atoms with Crippen LogP contribution in [0.25, 0.3) is 0 Å². The quantitative estimate of drug-likeness (QED) is 0.434. The molecule has 1 unspecified atom stereocenters. The number of hydrogen-bond acceptors (Lipinski definition) is 9. The van der Waals surface area contributed by atoms with Crippen molar-refractivity contribution in [3.05, 3.63) is 82.6 Å². The monoisotopic (exact) mass is 451 g/mol. The molecule has 0 radical (unpaired) electrons. The minimum Gasteiger partial charge on any atom is -0.466 e. The summed E-state index contributed by atoms with van der Waals surface area (Å²) in [6.45, 7) is 0. The van der Waals surface area contributed by atoms with Crippen LogP contribution in [0.15, 0.2) is 71.2 Å². The first-order valence-corrected chi connectivity index (χ1v) is 9.57. The van der Waals surface area contributed by atoms with Crippen molar-refractivity contribution in [1.29, 1.82) is 5.26 Å². The summed E-state index contributed by atoms with van der Waals surface area (Å²) in [7, 11) is 0.147. The normalized spacial score (nSPS) is 15.8. The molecule has 1 heterocycles. The number of methoxy groups -OCH3 is 2. The van der Waals surface area contributed by atoms with Gasteiger partial charge in [-0.25, -0.2) is 14.0 Å². The number of rotatable bonds is 5. The highest BCUT2D eigenvalue weighted by molar-refractivity contribution is 6.58. The molecule has 1 aliphatic rings. The molecule has 3 rings (SSSR count). The second kappa shape index (κ2) is 9.56. The van der Waals surface area contributed by atoms with E-state index in [1.165, 1.54) is 0 Å². The van der Waals surface area contributed by atoms with Crippen LogP contribution in [-0.2, 0) is 19.1 Å². The van der Waals surface area contributed by atoms with E-state index in [9.17, 15) is 29.3 Å². The highest BCUT2D eigenvalue weighted by Gasteiger charge is 2.43. The zero-order valence-corrected chi connectivity index (χ0v) is 17.7. The number of anilines is 1. The lowest BCUT2D eigenvalue weighted by atomic mass is 9.79. The van der Waals surface area contributed by atoms with Crippen LogP contribution in [0.5, 0.6) is 0 Å². The van der Waals surface area contributed by atoms with E-state index in [1.807, 2.05) is 6.07 Å². The smallest absolute Gasteiger partial charge is 0.466 e. The summed E-state index contributed by atoms with van der Waals surface area (Å²) >= 11 is 0. The molecule has 0 aliphatic carbocycles. The Balaban J connectivity index is 2.43. The lowest BCUT2D eigenvalue weighted by Crippen LogP contribution is -2.41. The van der Waals surface area contributed by atoms with Gasteiger partial charge in [0, 0.05) is 0 Å². The number of nitriles is 1. The molecular formula is C22H19BFN3O6. The van der Waals surface area contributed by atoms with Gasteiger partial charge >= 0.3 is 19.1 Å². The molecule has 1 aliphatic heterocycles. The second-order valence-electron chi connectivity index (χ2n) is 6.95. The number of allylic oxidation sites excluding steroid dienone is 1. The summed E-state index contributed by atoms with van der Waals surface area (Å²) in [5.41, 5.74) is 5.62. The first kappa shape index (κ1) is 23.5. The van der Waals surface area contributed by atoms with Crippen molar-refractivity contribution in [2.24, 2.45) is 5.73 Å². The minimum absolute atomic E-state index is 0.107. The molecule has 168 valence electrons. The third kappa shape index (κ3) is 4.30. The molecule has 11 heteroatoms. The Bertz CT molecular complexity index is 1210. The van der Waals surface area contributed by atoms with Gasteiger partial charge in [-0.2, -0.15) is 5.26 Å². The fourth-order valence-electron chi connectivity index (χ4n) is 3.66. The van der Waals surface area contributed by atoms with Gasteiger partial charge in [0.05, 0.1) is 43.0 Å². The molecule has 0 aromatic heterocycles. The Hall–Kier alpha value is -4.14. The molecule has 0 spiro atoms. The van der Waals surface area contributed by atoms with Crippen molar-refractivity contribution < 1.29 is 33.5 Å². The lowest BCUT2D eigenvalue weighted by molar-refractivity contribution is -0.139. The van der Waals surface area contributed by atoms with Gasteiger partial charge in [0.15, 0.2) is 0 Å². The minimum atomic E-state index is -2.03. The summed E-state index contributed by atoms with van der Waals surface area (Å²) in [5, 5.41) is 29.0. The zero-order chi connectivity index (χ0) is 24.3. The van der Waals surface area contributed by atoms with Gasteiger partial charge in [-0.1, -0.05) is 30.3 Å². The molecule has 2 aromatic carbocycles. The summed E-state index contributed by atoms with van der Waals surface area (Å²) < 4.78 is 24.1. The molecule has 1 atom stereocenters. The number of carbonyl (C=O) groups is 2. The Morgan fingerprint density at radius 1 is 1.12 bits per heavy atom. The van der Waals surface area contributed by atoms with E-state index in [4.69, 9.17) is 15.2 Å². The van der Waals surface area contributed by atoms with Crippen molar-refractivity contribution in [2.75, 3.05) is 19.1 Å². The van der Waals surface area contributed by atoms with Gasteiger partial charge in [0.25, 0.3) is 0 Å². The van der Waals surface area contributed by atoms with E-state index in [0.29, 0.717) is 5.56 Å². The van der Waals surface area contributed by atoms with Crippen LogP contribution in [0, 0.1) is 17.1 Å². The Morgan fingerprint density at radius 2 is 1.76 bits per heavy atom. The SMILES string of the molecule is COC(=O)C1=C(C(=O)OC)N(c2cc(F)cc(B(O)O)c2)C(N)=C(C#N)C1c1ccccc1. The van der Waals surface area contributed by atoms with Crippen LogP contribution >= 0.6 is 0 Å². The zero-order valence-electron chi connectivity index (χ0n) is 17.7. The van der Waals surface area contributed by atoms with Crippen molar-refractivity contribution in [3.63, 3.8) is 0 Å². The van der Waals surface area contributed by atoms with Crippen LogP contribution in [0.1, 0.15) is 11.5 Å². The molecule has 0 bridgehead atoms. The molecule has 33 heavy (non-hydrogen) atoms. The first-order chi connectivity index (χ1) is 15.7. The van der Waals surface area contributed by atoms with E-state index >= 15 is 0 Å². The predicted molar refractivity (Wildman–Crippen MR) is 116 cm³/mol. The second-order valence-corrected chi connectivity index (χ2v) is 6.95. The third-order valence-electron chi connectivity index (χ3n) is 5.07. The van der Waals surface area contributed by atoms with Crippen LogP contribution in [-0.4, -0.2) is 43.3 Å². The van der Waals surface area contributed by atoms with Crippen molar-refractivity contribution in [3.8, 4) is 6.07 Å². The highest BCUT2D eigenvalue weighted by atomic mass is 19.1. The molecular weight excluding hydrogens is 432 g/mol. The maximum absolute atomic E-state index is 14.3. The van der Waals surface area contributed by atoms with E-state index in [2.05, 4.69) is 0 Å². The molecule has 0 amide bonds. The average molecular weight is 451 g/mol. The highest BCUT2D eigenvalue weighted by Crippen LogP contribution is 2.43. The Morgan fingerprint density at radius 3 is 2.30 bits per heavy atom. The predicted octanol–water partition coefficient (Wildman–Crippen LogP) is 0.403. The number of hydrogen-bond donors (Lipinski definition) is 3. The fraction of sp³-hybridized carbons (Fsp3) is 0.136. The number of ether oxygens (including phenoxy) is 2. The molecule has 9 nitrogen and oxygen atoms in total. The lowest BCUT2D eigenvalue weighted by Gasteiger charge is -2.36. The standard InChI is InChI=1S/C22H19BFN3O6/c1-32-21(28)18-17(12-6-4-3-5-7-12)16(11-25)20(26)27(19(18)22(29)33-2)15-9-13(23(30)31)8-14(24)10-15/h3-10,17,30-31H,26H2,1-2H3. The summed E-state index contributed by atoms with van der Waals surface area (Å²) in [5.74, 6) is -4.18. The van der Waals surface area contributed by atoms with Gasteiger partial charge in [0.1, 0.15) is 17.3 Å². The van der Waals surface area contributed by atoms with E-state index in [1.54, 1.807) is 30.3 Å². The van der Waals surface area contributed by atoms with Gasteiger partial charge < -0.3 is 25.3 Å². The largest absolute Gasteiger partial charge is 0.488 e. The summed E-state index contributed by atoms with van der Waals surface area (Å²) in [6.07, 6.45) is 0. The van der Waals surface area contributed by atoms with Crippen LogP contribution in [0.2, 0.25) is 0 Å². The molecule has 0 fully saturated rings. The molecule has 0 saturated carbocycles. The van der Waals surface area contributed by atoms with Crippen molar-refractivity contribution >= 4 is 30.2 Å².